The van der Waals surface area contributed by atoms with Crippen LogP contribution in [0.5, 0.6) is 0 Å². The molecule has 1 aromatic carbocycles. The Morgan fingerprint density at radius 3 is 2.65 bits per heavy atom. The van der Waals surface area contributed by atoms with Crippen LogP contribution in [0.4, 0.5) is 0 Å². The number of aromatic nitrogens is 1. The van der Waals surface area contributed by atoms with Gasteiger partial charge in [0.2, 0.25) is 0 Å². The van der Waals surface area contributed by atoms with E-state index < -0.39 is 13.0 Å². The number of benzene rings is 1. The van der Waals surface area contributed by atoms with Gasteiger partial charge in [0.15, 0.2) is 0 Å². The number of hydrogen-bond acceptors (Lipinski definition) is 5. The number of nitrogens with zero attached hydrogens (tertiary/aromatic N) is 1. The SMILES string of the molecule is C[C@H](NC(=O)c1ccc(B(O)O)c(C=O)c1)c1ccc(Cl)cn1. The van der Waals surface area contributed by atoms with E-state index in [1.807, 2.05) is 0 Å². The van der Waals surface area contributed by atoms with E-state index in [0.29, 0.717) is 17.0 Å². The molecule has 0 fully saturated rings. The minimum absolute atomic E-state index is 0.0453. The molecule has 2 rings (SSSR count). The van der Waals surface area contributed by atoms with Gasteiger partial charge < -0.3 is 15.4 Å². The highest BCUT2D eigenvalue weighted by molar-refractivity contribution is 6.60. The van der Waals surface area contributed by atoms with E-state index in [1.165, 1.54) is 24.4 Å². The highest BCUT2D eigenvalue weighted by Crippen LogP contribution is 2.13. The zero-order valence-electron chi connectivity index (χ0n) is 12.2. The van der Waals surface area contributed by atoms with Gasteiger partial charge in [0.25, 0.3) is 5.91 Å². The second kappa shape index (κ2) is 7.37. The molecule has 1 aromatic heterocycles. The monoisotopic (exact) mass is 332 g/mol. The lowest BCUT2D eigenvalue weighted by Gasteiger charge is -2.14. The second-order valence-electron chi connectivity index (χ2n) is 4.93. The lowest BCUT2D eigenvalue weighted by atomic mass is 9.77. The summed E-state index contributed by atoms with van der Waals surface area (Å²) in [5.74, 6) is -0.406. The molecule has 0 saturated carbocycles. The molecule has 0 spiro atoms. The van der Waals surface area contributed by atoms with Crippen molar-refractivity contribution in [2.24, 2.45) is 0 Å². The molecule has 0 aliphatic carbocycles. The maximum absolute atomic E-state index is 12.2. The quantitative estimate of drug-likeness (QED) is 0.553. The zero-order chi connectivity index (χ0) is 17.0. The normalized spacial score (nSPS) is 11.7. The van der Waals surface area contributed by atoms with Crippen molar-refractivity contribution in [1.82, 2.24) is 10.3 Å². The summed E-state index contributed by atoms with van der Waals surface area (Å²) in [5, 5.41) is 21.6. The van der Waals surface area contributed by atoms with E-state index in [1.54, 1.807) is 19.1 Å². The van der Waals surface area contributed by atoms with Gasteiger partial charge in [0, 0.05) is 17.3 Å². The number of carbonyl (C=O) groups excluding carboxylic acids is 2. The molecule has 23 heavy (non-hydrogen) atoms. The molecule has 0 aliphatic heterocycles. The minimum atomic E-state index is -1.77. The number of pyridine rings is 1. The van der Waals surface area contributed by atoms with Crippen LogP contribution in [0.15, 0.2) is 36.5 Å². The fraction of sp³-hybridized carbons (Fsp3) is 0.133. The number of aldehydes is 1. The molecular weight excluding hydrogens is 318 g/mol. The fourth-order valence-corrected chi connectivity index (χ4v) is 2.16. The van der Waals surface area contributed by atoms with Crippen LogP contribution in [0.3, 0.4) is 0 Å². The van der Waals surface area contributed by atoms with Crippen LogP contribution in [0.25, 0.3) is 0 Å². The van der Waals surface area contributed by atoms with E-state index in [0.717, 1.165) is 0 Å². The van der Waals surface area contributed by atoms with E-state index >= 15 is 0 Å². The van der Waals surface area contributed by atoms with E-state index in [-0.39, 0.29) is 22.6 Å². The van der Waals surface area contributed by atoms with Crippen LogP contribution in [0.1, 0.15) is 39.4 Å². The summed E-state index contributed by atoms with van der Waals surface area (Å²) < 4.78 is 0. The van der Waals surface area contributed by atoms with Gasteiger partial charge in [-0.3, -0.25) is 14.6 Å². The molecule has 2 aromatic rings. The van der Waals surface area contributed by atoms with Crippen molar-refractivity contribution in [3.05, 3.63) is 58.4 Å². The van der Waals surface area contributed by atoms with Crippen molar-refractivity contribution in [2.45, 2.75) is 13.0 Å². The molecule has 0 unspecified atom stereocenters. The van der Waals surface area contributed by atoms with Gasteiger partial charge in [-0.15, -0.1) is 0 Å². The Morgan fingerprint density at radius 2 is 2.09 bits per heavy atom. The van der Waals surface area contributed by atoms with Crippen molar-refractivity contribution >= 4 is 36.4 Å². The Bertz CT molecular complexity index is 722. The average Bonchev–Trinajstić information content (AvgIpc) is 2.54. The predicted octanol–water partition coefficient (Wildman–Crippen LogP) is 0.718. The zero-order valence-corrected chi connectivity index (χ0v) is 13.0. The molecule has 0 aliphatic rings. The summed E-state index contributed by atoms with van der Waals surface area (Å²) in [5.41, 5.74) is 0.965. The molecular formula is C15H14BClN2O4. The average molecular weight is 333 g/mol. The van der Waals surface area contributed by atoms with Crippen molar-refractivity contribution < 1.29 is 19.6 Å². The standard InChI is InChI=1S/C15H14BClN2O4/c1-9(14-5-3-12(17)7-18-14)19-15(21)10-2-4-13(16(22)23)11(6-10)8-20/h2-9,22-23H,1H3,(H,19,21)/t9-/m0/s1. The van der Waals surface area contributed by atoms with Crippen molar-refractivity contribution in [3.8, 4) is 0 Å². The Balaban J connectivity index is 2.17. The van der Waals surface area contributed by atoms with Crippen LogP contribution in [0, 0.1) is 0 Å². The van der Waals surface area contributed by atoms with E-state index in [9.17, 15) is 9.59 Å². The fourth-order valence-electron chi connectivity index (χ4n) is 2.05. The Kier molecular flexibility index (Phi) is 5.49. The maximum atomic E-state index is 12.2. The van der Waals surface area contributed by atoms with E-state index in [2.05, 4.69) is 10.3 Å². The lowest BCUT2D eigenvalue weighted by Crippen LogP contribution is -2.34. The Hall–Kier alpha value is -2.22. The molecule has 8 heteroatoms. The third kappa shape index (κ3) is 4.16. The molecule has 3 N–H and O–H groups in total. The van der Waals surface area contributed by atoms with Crippen molar-refractivity contribution in [2.75, 3.05) is 0 Å². The summed E-state index contributed by atoms with van der Waals surface area (Å²) in [6.45, 7) is 1.76. The number of carbonyl (C=O) groups is 2. The Labute approximate surface area is 138 Å². The summed E-state index contributed by atoms with van der Waals surface area (Å²) in [6, 6.07) is 7.07. The minimum Gasteiger partial charge on any atom is -0.423 e. The third-order valence-corrected chi connectivity index (χ3v) is 3.52. The number of nitrogens with one attached hydrogen (secondary N) is 1. The topological polar surface area (TPSA) is 99.5 Å². The van der Waals surface area contributed by atoms with Crippen molar-refractivity contribution in [3.63, 3.8) is 0 Å². The maximum Gasteiger partial charge on any atom is 0.489 e. The summed E-state index contributed by atoms with van der Waals surface area (Å²) in [6.07, 6.45) is 1.96. The number of halogens is 1. The lowest BCUT2D eigenvalue weighted by molar-refractivity contribution is 0.0939. The molecule has 0 bridgehead atoms. The van der Waals surface area contributed by atoms with Crippen LogP contribution in [-0.2, 0) is 0 Å². The van der Waals surface area contributed by atoms with Gasteiger partial charge in [-0.25, -0.2) is 0 Å². The molecule has 0 radical (unpaired) electrons. The summed E-state index contributed by atoms with van der Waals surface area (Å²) in [7, 11) is -1.77. The van der Waals surface area contributed by atoms with Crippen LogP contribution in [0.2, 0.25) is 5.02 Å². The summed E-state index contributed by atoms with van der Waals surface area (Å²) in [4.78, 5) is 27.4. The first kappa shape index (κ1) is 17.1. The number of hydrogen-bond donors (Lipinski definition) is 3. The smallest absolute Gasteiger partial charge is 0.423 e. The third-order valence-electron chi connectivity index (χ3n) is 3.30. The first-order valence-corrected chi connectivity index (χ1v) is 7.17. The van der Waals surface area contributed by atoms with Crippen LogP contribution < -0.4 is 10.8 Å². The molecule has 6 nitrogen and oxygen atoms in total. The van der Waals surface area contributed by atoms with Gasteiger partial charge in [0.1, 0.15) is 6.29 Å². The van der Waals surface area contributed by atoms with E-state index in [4.69, 9.17) is 21.6 Å². The second-order valence-corrected chi connectivity index (χ2v) is 5.37. The first-order chi connectivity index (χ1) is 10.9. The summed E-state index contributed by atoms with van der Waals surface area (Å²) >= 11 is 5.77. The van der Waals surface area contributed by atoms with Gasteiger partial charge in [-0.1, -0.05) is 17.7 Å². The van der Waals surface area contributed by atoms with Gasteiger partial charge in [0.05, 0.1) is 16.8 Å². The highest BCUT2D eigenvalue weighted by atomic mass is 35.5. The number of rotatable bonds is 5. The van der Waals surface area contributed by atoms with Crippen LogP contribution >= 0.6 is 11.6 Å². The Morgan fingerprint density at radius 1 is 1.35 bits per heavy atom. The molecule has 1 atom stereocenters. The number of amides is 1. The molecule has 1 amide bonds. The van der Waals surface area contributed by atoms with Gasteiger partial charge >= 0.3 is 7.12 Å². The predicted molar refractivity (Wildman–Crippen MR) is 86.8 cm³/mol. The van der Waals surface area contributed by atoms with Crippen LogP contribution in [-0.4, -0.2) is 34.3 Å². The molecule has 118 valence electrons. The molecule has 1 heterocycles. The highest BCUT2D eigenvalue weighted by Gasteiger charge is 2.19. The van der Waals surface area contributed by atoms with Crippen molar-refractivity contribution in [1.29, 1.82) is 0 Å². The van der Waals surface area contributed by atoms with Gasteiger partial charge in [-0.2, -0.15) is 0 Å². The first-order valence-electron chi connectivity index (χ1n) is 6.80. The molecule has 0 saturated heterocycles. The van der Waals surface area contributed by atoms with Gasteiger partial charge in [-0.05, 0) is 36.7 Å². The largest absolute Gasteiger partial charge is 0.489 e.